The Balaban J connectivity index is 1.89. The van der Waals surface area contributed by atoms with Crippen molar-refractivity contribution in [1.29, 1.82) is 0 Å². The number of likely N-dealkylation sites (N-methyl/N-ethyl adjacent to an activating group) is 1. The smallest absolute Gasteiger partial charge is 0.387 e. The second-order valence-corrected chi connectivity index (χ2v) is 6.64. The fourth-order valence-electron chi connectivity index (χ4n) is 2.95. The lowest BCUT2D eigenvalue weighted by Gasteiger charge is -2.16. The summed E-state index contributed by atoms with van der Waals surface area (Å²) in [4.78, 5) is 13.2. The van der Waals surface area contributed by atoms with Gasteiger partial charge < -0.3 is 29.2 Å². The average Bonchev–Trinajstić information content (AvgIpc) is 2.72. The van der Waals surface area contributed by atoms with Gasteiger partial charge in [0.25, 0.3) is 5.91 Å². The molecular formula is C21H27F2N2O5+. The molecule has 2 aromatic carbocycles. The van der Waals surface area contributed by atoms with Crippen molar-refractivity contribution in [3.05, 3.63) is 47.5 Å². The van der Waals surface area contributed by atoms with Crippen molar-refractivity contribution in [3.63, 3.8) is 0 Å². The van der Waals surface area contributed by atoms with Gasteiger partial charge in [0.05, 0.1) is 28.4 Å². The fourth-order valence-corrected chi connectivity index (χ4v) is 2.95. The van der Waals surface area contributed by atoms with E-state index >= 15 is 0 Å². The zero-order valence-electron chi connectivity index (χ0n) is 17.5. The van der Waals surface area contributed by atoms with Crippen LogP contribution in [0.3, 0.4) is 0 Å². The normalized spacial score (nSPS) is 11.7. The fraction of sp³-hybridized carbons (Fsp3) is 0.381. The van der Waals surface area contributed by atoms with Crippen molar-refractivity contribution in [2.45, 2.75) is 19.7 Å². The van der Waals surface area contributed by atoms with Gasteiger partial charge in [0.1, 0.15) is 6.54 Å². The maximum atomic E-state index is 12.4. The van der Waals surface area contributed by atoms with Crippen molar-refractivity contribution >= 4 is 5.91 Å². The van der Waals surface area contributed by atoms with E-state index in [0.717, 1.165) is 16.0 Å². The first kappa shape index (κ1) is 23.2. The van der Waals surface area contributed by atoms with Crippen LogP contribution in [0.5, 0.6) is 23.0 Å². The Kier molecular flexibility index (Phi) is 8.67. The average molecular weight is 425 g/mol. The Morgan fingerprint density at radius 1 is 0.933 bits per heavy atom. The van der Waals surface area contributed by atoms with Crippen molar-refractivity contribution in [3.8, 4) is 23.0 Å². The minimum atomic E-state index is -2.92. The van der Waals surface area contributed by atoms with Crippen molar-refractivity contribution in [1.82, 2.24) is 5.32 Å². The van der Waals surface area contributed by atoms with Gasteiger partial charge in [0.15, 0.2) is 29.5 Å². The van der Waals surface area contributed by atoms with Crippen LogP contribution in [0.4, 0.5) is 8.78 Å². The molecule has 9 heteroatoms. The first-order chi connectivity index (χ1) is 14.4. The molecule has 0 fully saturated rings. The molecule has 0 aliphatic carbocycles. The zero-order valence-corrected chi connectivity index (χ0v) is 17.5. The number of rotatable bonds is 11. The number of carbonyl (C=O) groups is 1. The quantitative estimate of drug-likeness (QED) is 0.573. The van der Waals surface area contributed by atoms with Crippen molar-refractivity contribution in [2.24, 2.45) is 0 Å². The lowest BCUT2D eigenvalue weighted by Crippen LogP contribution is -3.08. The molecule has 0 saturated carbocycles. The van der Waals surface area contributed by atoms with Gasteiger partial charge in [-0.3, -0.25) is 4.79 Å². The van der Waals surface area contributed by atoms with Gasteiger partial charge in [0, 0.05) is 12.1 Å². The summed E-state index contributed by atoms with van der Waals surface area (Å²) in [5.74, 6) is 1.30. The number of benzene rings is 2. The monoisotopic (exact) mass is 425 g/mol. The summed E-state index contributed by atoms with van der Waals surface area (Å²) in [6.45, 7) is -1.81. The molecule has 0 heterocycles. The van der Waals surface area contributed by atoms with E-state index in [-0.39, 0.29) is 24.0 Å². The molecule has 0 aliphatic heterocycles. The second kappa shape index (κ2) is 11.2. The van der Waals surface area contributed by atoms with Crippen LogP contribution in [-0.4, -0.2) is 47.4 Å². The molecule has 1 amide bonds. The van der Waals surface area contributed by atoms with Crippen LogP contribution in [-0.2, 0) is 17.9 Å². The van der Waals surface area contributed by atoms with E-state index < -0.39 is 6.61 Å². The highest BCUT2D eigenvalue weighted by atomic mass is 19.3. The molecule has 2 rings (SSSR count). The number of quaternary nitrogens is 1. The highest BCUT2D eigenvalue weighted by Gasteiger charge is 2.15. The van der Waals surface area contributed by atoms with E-state index in [0.29, 0.717) is 24.6 Å². The number of hydrogen-bond donors (Lipinski definition) is 2. The lowest BCUT2D eigenvalue weighted by atomic mass is 10.2. The lowest BCUT2D eigenvalue weighted by molar-refractivity contribution is -0.885. The van der Waals surface area contributed by atoms with E-state index in [9.17, 15) is 13.6 Å². The summed E-state index contributed by atoms with van der Waals surface area (Å²) in [6.07, 6.45) is 0. The third-order valence-corrected chi connectivity index (χ3v) is 4.35. The number of amides is 1. The molecule has 2 N–H and O–H groups in total. The topological polar surface area (TPSA) is 70.5 Å². The van der Waals surface area contributed by atoms with Crippen LogP contribution in [0.1, 0.15) is 11.1 Å². The zero-order chi connectivity index (χ0) is 22.1. The summed E-state index contributed by atoms with van der Waals surface area (Å²) in [7, 11) is 6.37. The highest BCUT2D eigenvalue weighted by Crippen LogP contribution is 2.29. The number of carbonyl (C=O) groups excluding carboxylic acids is 1. The summed E-state index contributed by atoms with van der Waals surface area (Å²) in [6, 6.07) is 10.2. The molecule has 1 atom stereocenters. The molecule has 2 aromatic rings. The molecule has 7 nitrogen and oxygen atoms in total. The van der Waals surface area contributed by atoms with E-state index in [2.05, 4.69) is 10.1 Å². The van der Waals surface area contributed by atoms with Gasteiger partial charge in [-0.1, -0.05) is 6.07 Å². The van der Waals surface area contributed by atoms with Gasteiger partial charge in [0.2, 0.25) is 0 Å². The predicted octanol–water partition coefficient (Wildman–Crippen LogP) is 1.64. The van der Waals surface area contributed by atoms with E-state index in [4.69, 9.17) is 14.2 Å². The number of ether oxygens (including phenoxy) is 4. The van der Waals surface area contributed by atoms with Crippen LogP contribution in [0.2, 0.25) is 0 Å². The van der Waals surface area contributed by atoms with Gasteiger partial charge in [-0.15, -0.1) is 0 Å². The standard InChI is InChI=1S/C21H26F2N2O5/c1-25(12-15-6-8-17(30-21(22)23)19(10-15)29-4)13-20(26)24-11-14-5-7-16(27-2)18(9-14)28-3/h5-10,21H,11-13H2,1-4H3,(H,24,26)/p+1. The van der Waals surface area contributed by atoms with Crippen LogP contribution in [0.25, 0.3) is 0 Å². The molecule has 30 heavy (non-hydrogen) atoms. The summed E-state index contributed by atoms with van der Waals surface area (Å²) in [5.41, 5.74) is 1.72. The van der Waals surface area contributed by atoms with Crippen molar-refractivity contribution < 1.29 is 37.4 Å². The maximum absolute atomic E-state index is 12.4. The van der Waals surface area contributed by atoms with E-state index in [1.54, 1.807) is 32.4 Å². The predicted molar refractivity (Wildman–Crippen MR) is 106 cm³/mol. The second-order valence-electron chi connectivity index (χ2n) is 6.64. The van der Waals surface area contributed by atoms with Crippen LogP contribution < -0.4 is 29.2 Å². The minimum absolute atomic E-state index is 0.0263. The van der Waals surface area contributed by atoms with Crippen LogP contribution >= 0.6 is 0 Å². The molecular weight excluding hydrogens is 398 g/mol. The van der Waals surface area contributed by atoms with Crippen LogP contribution in [0.15, 0.2) is 36.4 Å². The van der Waals surface area contributed by atoms with Gasteiger partial charge in [-0.25, -0.2) is 0 Å². The third-order valence-electron chi connectivity index (χ3n) is 4.35. The molecule has 0 spiro atoms. The molecule has 0 aromatic heterocycles. The summed E-state index contributed by atoms with van der Waals surface area (Å²) < 4.78 is 44.8. The number of hydrogen-bond acceptors (Lipinski definition) is 5. The Bertz CT molecular complexity index is 848. The molecule has 1 unspecified atom stereocenters. The largest absolute Gasteiger partial charge is 0.493 e. The third kappa shape index (κ3) is 6.77. The first-order valence-electron chi connectivity index (χ1n) is 9.26. The maximum Gasteiger partial charge on any atom is 0.387 e. The summed E-state index contributed by atoms with van der Waals surface area (Å²) in [5, 5.41) is 2.87. The van der Waals surface area contributed by atoms with Crippen LogP contribution in [0, 0.1) is 0 Å². The Hall–Kier alpha value is -3.07. The summed E-state index contributed by atoms with van der Waals surface area (Å²) >= 11 is 0. The molecule has 164 valence electrons. The molecule has 0 bridgehead atoms. The molecule has 0 saturated heterocycles. The van der Waals surface area contributed by atoms with Gasteiger partial charge in [-0.2, -0.15) is 8.78 Å². The molecule has 0 aliphatic rings. The number of nitrogens with one attached hydrogen (secondary N) is 2. The Morgan fingerprint density at radius 2 is 1.50 bits per heavy atom. The Labute approximate surface area is 174 Å². The number of halogens is 2. The number of alkyl halides is 2. The SMILES string of the molecule is COc1ccc(CNC(=O)C[NH+](C)Cc2ccc(OC(F)F)c(OC)c2)cc1OC. The van der Waals surface area contributed by atoms with Gasteiger partial charge in [-0.05, 0) is 35.9 Å². The van der Waals surface area contributed by atoms with Crippen molar-refractivity contribution in [2.75, 3.05) is 34.9 Å². The first-order valence-corrected chi connectivity index (χ1v) is 9.26. The van der Waals surface area contributed by atoms with E-state index in [1.165, 1.54) is 13.2 Å². The highest BCUT2D eigenvalue weighted by molar-refractivity contribution is 5.76. The number of methoxy groups -OCH3 is 3. The van der Waals surface area contributed by atoms with E-state index in [1.807, 2.05) is 19.2 Å². The Morgan fingerprint density at radius 3 is 2.13 bits per heavy atom. The minimum Gasteiger partial charge on any atom is -0.493 e. The van der Waals surface area contributed by atoms with Gasteiger partial charge >= 0.3 is 6.61 Å². The molecule has 0 radical (unpaired) electrons.